The maximum atomic E-state index is 12.7. The third-order valence-electron chi connectivity index (χ3n) is 4.30. The van der Waals surface area contributed by atoms with E-state index in [1.165, 1.54) is 11.8 Å². The zero-order valence-electron chi connectivity index (χ0n) is 13.1. The van der Waals surface area contributed by atoms with Crippen molar-refractivity contribution in [3.8, 4) is 0 Å². The quantitative estimate of drug-likeness (QED) is 0.805. The Bertz CT molecular complexity index is 873. The largest absolute Gasteiger partial charge is 0.446 e. The molecule has 2 heterocycles. The maximum Gasteiger partial charge on any atom is 0.280 e. The van der Waals surface area contributed by atoms with Gasteiger partial charge in [-0.25, -0.2) is 4.98 Å². The summed E-state index contributed by atoms with van der Waals surface area (Å²) in [6, 6.07) is 17.0. The average molecular weight is 319 g/mol. The Morgan fingerprint density at radius 3 is 2.71 bits per heavy atom. The van der Waals surface area contributed by atoms with Crippen molar-refractivity contribution in [1.82, 2.24) is 4.98 Å². The average Bonchev–Trinajstić information content (AvgIpc) is 3.28. The molecule has 1 unspecified atom stereocenters. The smallest absolute Gasteiger partial charge is 0.280 e. The van der Waals surface area contributed by atoms with E-state index < -0.39 is 6.04 Å². The summed E-state index contributed by atoms with van der Waals surface area (Å²) in [5.41, 5.74) is 9.48. The van der Waals surface area contributed by atoms with Gasteiger partial charge in [-0.15, -0.1) is 0 Å². The van der Waals surface area contributed by atoms with E-state index in [0.717, 1.165) is 17.7 Å². The standard InChI is InChI=1S/C19H17N3O2/c20-17(14-7-2-1-3-8-14)18-21-15(12-24-18)19(23)22-11-10-13-6-4-5-9-16(13)22/h1-9,12,17H,10-11,20H2. The molecule has 1 amide bonds. The summed E-state index contributed by atoms with van der Waals surface area (Å²) in [4.78, 5) is 18.8. The summed E-state index contributed by atoms with van der Waals surface area (Å²) in [6.45, 7) is 0.658. The van der Waals surface area contributed by atoms with Crippen molar-refractivity contribution in [3.05, 3.63) is 83.6 Å². The molecule has 0 spiro atoms. The van der Waals surface area contributed by atoms with E-state index in [0.29, 0.717) is 12.4 Å². The van der Waals surface area contributed by atoms with Crippen molar-refractivity contribution >= 4 is 11.6 Å². The first-order valence-corrected chi connectivity index (χ1v) is 7.90. The highest BCUT2D eigenvalue weighted by Crippen LogP contribution is 2.29. The normalized spacial score (nSPS) is 14.5. The molecular weight excluding hydrogens is 302 g/mol. The summed E-state index contributed by atoms with van der Waals surface area (Å²) >= 11 is 0. The number of amides is 1. The summed E-state index contributed by atoms with van der Waals surface area (Å²) in [7, 11) is 0. The van der Waals surface area contributed by atoms with Crippen LogP contribution in [0.2, 0.25) is 0 Å². The van der Waals surface area contributed by atoms with Crippen LogP contribution in [0.5, 0.6) is 0 Å². The molecule has 1 aromatic heterocycles. The molecule has 4 rings (SSSR count). The monoisotopic (exact) mass is 319 g/mol. The van der Waals surface area contributed by atoms with Gasteiger partial charge in [0.05, 0.1) is 0 Å². The molecular formula is C19H17N3O2. The van der Waals surface area contributed by atoms with Crippen LogP contribution in [-0.2, 0) is 6.42 Å². The second kappa shape index (κ2) is 5.94. The first-order chi connectivity index (χ1) is 11.7. The lowest BCUT2D eigenvalue weighted by Crippen LogP contribution is -2.29. The van der Waals surface area contributed by atoms with E-state index in [9.17, 15) is 4.79 Å². The van der Waals surface area contributed by atoms with Crippen molar-refractivity contribution in [3.63, 3.8) is 0 Å². The van der Waals surface area contributed by atoms with Crippen LogP contribution in [-0.4, -0.2) is 17.4 Å². The van der Waals surface area contributed by atoms with Gasteiger partial charge in [-0.3, -0.25) is 4.79 Å². The number of fused-ring (bicyclic) bond motifs is 1. The third kappa shape index (κ3) is 2.49. The molecule has 0 aliphatic carbocycles. The summed E-state index contributed by atoms with van der Waals surface area (Å²) in [6.07, 6.45) is 2.25. The highest BCUT2D eigenvalue weighted by Gasteiger charge is 2.28. The summed E-state index contributed by atoms with van der Waals surface area (Å²) < 4.78 is 5.47. The molecule has 0 fully saturated rings. The minimum Gasteiger partial charge on any atom is -0.446 e. The minimum atomic E-state index is -0.487. The van der Waals surface area contributed by atoms with E-state index in [1.54, 1.807) is 4.90 Å². The number of oxazole rings is 1. The topological polar surface area (TPSA) is 72.4 Å². The molecule has 3 aromatic rings. The van der Waals surface area contributed by atoms with E-state index in [-0.39, 0.29) is 11.6 Å². The Balaban J connectivity index is 1.58. The van der Waals surface area contributed by atoms with Gasteiger partial charge in [0.15, 0.2) is 5.69 Å². The van der Waals surface area contributed by atoms with Crippen LogP contribution < -0.4 is 10.6 Å². The molecule has 1 aliphatic heterocycles. The third-order valence-corrected chi connectivity index (χ3v) is 4.30. The van der Waals surface area contributed by atoms with E-state index in [4.69, 9.17) is 10.2 Å². The second-order valence-corrected chi connectivity index (χ2v) is 5.79. The van der Waals surface area contributed by atoms with Crippen molar-refractivity contribution in [2.45, 2.75) is 12.5 Å². The number of hydrogen-bond acceptors (Lipinski definition) is 4. The van der Waals surface area contributed by atoms with Gasteiger partial charge in [0.1, 0.15) is 12.3 Å². The van der Waals surface area contributed by atoms with Crippen molar-refractivity contribution < 1.29 is 9.21 Å². The van der Waals surface area contributed by atoms with Gasteiger partial charge in [0.2, 0.25) is 5.89 Å². The Hall–Kier alpha value is -2.92. The zero-order chi connectivity index (χ0) is 16.5. The van der Waals surface area contributed by atoms with Crippen LogP contribution in [0, 0.1) is 0 Å². The van der Waals surface area contributed by atoms with E-state index >= 15 is 0 Å². The number of rotatable bonds is 3. The Kier molecular flexibility index (Phi) is 3.63. The first kappa shape index (κ1) is 14.7. The lowest BCUT2D eigenvalue weighted by Gasteiger charge is -2.15. The molecule has 0 bridgehead atoms. The molecule has 120 valence electrons. The zero-order valence-corrected chi connectivity index (χ0v) is 13.1. The molecule has 1 aliphatic rings. The van der Waals surface area contributed by atoms with E-state index in [2.05, 4.69) is 4.98 Å². The number of anilines is 1. The lowest BCUT2D eigenvalue weighted by atomic mass is 10.1. The van der Waals surface area contributed by atoms with Gasteiger partial charge in [-0.2, -0.15) is 0 Å². The van der Waals surface area contributed by atoms with Crippen LogP contribution in [0.4, 0.5) is 5.69 Å². The predicted octanol–water partition coefficient (Wildman–Crippen LogP) is 2.93. The van der Waals surface area contributed by atoms with Crippen molar-refractivity contribution in [2.24, 2.45) is 5.73 Å². The van der Waals surface area contributed by atoms with Gasteiger partial charge in [0.25, 0.3) is 5.91 Å². The van der Waals surface area contributed by atoms with Crippen LogP contribution in [0.25, 0.3) is 0 Å². The Labute approximate surface area is 139 Å². The SMILES string of the molecule is NC(c1ccccc1)c1nc(C(=O)N2CCc3ccccc32)co1. The van der Waals surface area contributed by atoms with Crippen molar-refractivity contribution in [1.29, 1.82) is 0 Å². The van der Waals surface area contributed by atoms with Crippen LogP contribution in [0.3, 0.4) is 0 Å². The van der Waals surface area contributed by atoms with Gasteiger partial charge in [-0.05, 0) is 23.6 Å². The molecule has 2 N–H and O–H groups in total. The molecule has 24 heavy (non-hydrogen) atoms. The van der Waals surface area contributed by atoms with Gasteiger partial charge < -0.3 is 15.1 Å². The van der Waals surface area contributed by atoms with Crippen LogP contribution >= 0.6 is 0 Å². The minimum absolute atomic E-state index is 0.157. The number of aromatic nitrogens is 1. The van der Waals surface area contributed by atoms with E-state index in [1.807, 2.05) is 54.6 Å². The molecule has 0 radical (unpaired) electrons. The Morgan fingerprint density at radius 1 is 1.12 bits per heavy atom. The number of nitrogens with zero attached hydrogens (tertiary/aromatic N) is 2. The van der Waals surface area contributed by atoms with Gasteiger partial charge in [0, 0.05) is 12.2 Å². The van der Waals surface area contributed by atoms with Gasteiger partial charge in [-0.1, -0.05) is 48.5 Å². The number of para-hydroxylation sites is 1. The van der Waals surface area contributed by atoms with Gasteiger partial charge >= 0.3 is 0 Å². The van der Waals surface area contributed by atoms with Crippen LogP contribution in [0.15, 0.2) is 65.3 Å². The summed E-state index contributed by atoms with van der Waals surface area (Å²) in [5.74, 6) is 0.187. The lowest BCUT2D eigenvalue weighted by molar-refractivity contribution is 0.0984. The highest BCUT2D eigenvalue weighted by atomic mass is 16.3. The number of benzene rings is 2. The Morgan fingerprint density at radius 2 is 1.88 bits per heavy atom. The highest BCUT2D eigenvalue weighted by molar-refractivity contribution is 6.05. The molecule has 1 atom stereocenters. The fraction of sp³-hybridized carbons (Fsp3) is 0.158. The number of nitrogens with two attached hydrogens (primary N) is 1. The molecule has 2 aromatic carbocycles. The fourth-order valence-electron chi connectivity index (χ4n) is 3.02. The number of carbonyl (C=O) groups excluding carboxylic acids is 1. The second-order valence-electron chi connectivity index (χ2n) is 5.79. The molecule has 0 saturated carbocycles. The molecule has 0 saturated heterocycles. The first-order valence-electron chi connectivity index (χ1n) is 7.90. The van der Waals surface area contributed by atoms with Crippen molar-refractivity contribution in [2.75, 3.05) is 11.4 Å². The number of carbonyl (C=O) groups is 1. The predicted molar refractivity (Wildman–Crippen MR) is 90.8 cm³/mol. The van der Waals surface area contributed by atoms with Crippen LogP contribution in [0.1, 0.15) is 33.5 Å². The number of hydrogen-bond donors (Lipinski definition) is 1. The summed E-state index contributed by atoms with van der Waals surface area (Å²) in [5, 5.41) is 0. The molecule has 5 nitrogen and oxygen atoms in total. The fourth-order valence-corrected chi connectivity index (χ4v) is 3.02. The maximum absolute atomic E-state index is 12.7. The molecule has 5 heteroatoms.